The largest absolute Gasteiger partial charge is 0.416 e. The molecule has 0 atom stereocenters. The number of alkyl halides is 3. The summed E-state index contributed by atoms with van der Waals surface area (Å²) in [5.41, 5.74) is -0.0927. The van der Waals surface area contributed by atoms with E-state index in [0.717, 1.165) is 23.3 Å². The van der Waals surface area contributed by atoms with Gasteiger partial charge in [0.25, 0.3) is 0 Å². The van der Waals surface area contributed by atoms with Crippen LogP contribution in [0.15, 0.2) is 58.3 Å². The van der Waals surface area contributed by atoms with E-state index in [9.17, 15) is 18.0 Å². The maximum Gasteiger partial charge on any atom is 0.416 e. The van der Waals surface area contributed by atoms with Crippen molar-refractivity contribution in [3.05, 3.63) is 59.7 Å². The van der Waals surface area contributed by atoms with Gasteiger partial charge in [-0.25, -0.2) is 0 Å². The molecule has 0 saturated carbocycles. The molecule has 0 aromatic heterocycles. The van der Waals surface area contributed by atoms with Crippen molar-refractivity contribution in [3.63, 3.8) is 0 Å². The van der Waals surface area contributed by atoms with E-state index in [1.807, 2.05) is 0 Å². The summed E-state index contributed by atoms with van der Waals surface area (Å²) < 4.78 is 37.2. The van der Waals surface area contributed by atoms with Crippen LogP contribution < -0.4 is 0 Å². The van der Waals surface area contributed by atoms with Crippen LogP contribution >= 0.6 is 11.8 Å². The molecule has 2 rings (SSSR count). The van der Waals surface area contributed by atoms with Gasteiger partial charge < -0.3 is 0 Å². The monoisotopic (exact) mass is 282 g/mol. The fraction of sp³-hybridized carbons (Fsp3) is 0.0714. The molecule has 0 bridgehead atoms. The highest BCUT2D eigenvalue weighted by atomic mass is 32.2. The lowest BCUT2D eigenvalue weighted by atomic mass is 10.2. The Bertz CT molecular complexity index is 559. The number of carbonyl (C=O) groups is 1. The second-order valence-corrected chi connectivity index (χ2v) is 4.96. The standard InChI is InChI=1S/C14H9F3OS/c15-14(16,17)11-3-7-13(8-4-11)19-12-5-1-10(9-18)2-6-12/h1-9H. The van der Waals surface area contributed by atoms with Gasteiger partial charge in [-0.15, -0.1) is 0 Å². The van der Waals surface area contributed by atoms with Crippen molar-refractivity contribution >= 4 is 18.0 Å². The van der Waals surface area contributed by atoms with Crippen LogP contribution in [0.25, 0.3) is 0 Å². The maximum absolute atomic E-state index is 12.4. The molecule has 0 spiro atoms. The van der Waals surface area contributed by atoms with Crippen LogP contribution in [0.5, 0.6) is 0 Å². The summed E-state index contributed by atoms with van der Waals surface area (Å²) in [5, 5.41) is 0. The Balaban J connectivity index is 2.12. The van der Waals surface area contributed by atoms with Crippen molar-refractivity contribution in [1.82, 2.24) is 0 Å². The molecule has 2 aromatic carbocycles. The lowest BCUT2D eigenvalue weighted by Crippen LogP contribution is -2.03. The normalized spacial score (nSPS) is 11.3. The van der Waals surface area contributed by atoms with Crippen LogP contribution in [-0.2, 0) is 6.18 Å². The molecule has 1 nitrogen and oxygen atoms in total. The molecule has 2 aromatic rings. The SMILES string of the molecule is O=Cc1ccc(Sc2ccc(C(F)(F)F)cc2)cc1. The van der Waals surface area contributed by atoms with Crippen LogP contribution in [0.3, 0.4) is 0 Å². The molecule has 0 aliphatic carbocycles. The first kappa shape index (κ1) is 13.7. The van der Waals surface area contributed by atoms with E-state index in [1.54, 1.807) is 24.3 Å². The highest BCUT2D eigenvalue weighted by Gasteiger charge is 2.29. The lowest BCUT2D eigenvalue weighted by molar-refractivity contribution is -0.137. The summed E-state index contributed by atoms with van der Waals surface area (Å²) >= 11 is 1.34. The first-order chi connectivity index (χ1) is 8.99. The highest BCUT2D eigenvalue weighted by Crippen LogP contribution is 2.32. The number of benzene rings is 2. The number of carbonyl (C=O) groups excluding carboxylic acids is 1. The lowest BCUT2D eigenvalue weighted by Gasteiger charge is -2.07. The molecule has 98 valence electrons. The summed E-state index contributed by atoms with van der Waals surface area (Å²) in [5.74, 6) is 0. The van der Waals surface area contributed by atoms with Gasteiger partial charge in [0.15, 0.2) is 0 Å². The van der Waals surface area contributed by atoms with Gasteiger partial charge in [-0.05, 0) is 36.4 Å². The van der Waals surface area contributed by atoms with Crippen LogP contribution in [0.2, 0.25) is 0 Å². The topological polar surface area (TPSA) is 17.1 Å². The molecular formula is C14H9F3OS. The predicted octanol–water partition coefficient (Wildman–Crippen LogP) is 4.67. The molecule has 0 aliphatic heterocycles. The Kier molecular flexibility index (Phi) is 3.95. The molecule has 0 fully saturated rings. The van der Waals surface area contributed by atoms with Gasteiger partial charge in [0.05, 0.1) is 5.56 Å². The van der Waals surface area contributed by atoms with Gasteiger partial charge in [-0.2, -0.15) is 13.2 Å². The van der Waals surface area contributed by atoms with Gasteiger partial charge in [-0.1, -0.05) is 23.9 Å². The molecule has 5 heteroatoms. The van der Waals surface area contributed by atoms with Gasteiger partial charge in [0.2, 0.25) is 0 Å². The third-order valence-electron chi connectivity index (χ3n) is 2.43. The van der Waals surface area contributed by atoms with E-state index in [4.69, 9.17) is 0 Å². The average molecular weight is 282 g/mol. The van der Waals surface area contributed by atoms with E-state index in [0.29, 0.717) is 10.5 Å². The van der Waals surface area contributed by atoms with Gasteiger partial charge in [0, 0.05) is 15.4 Å². The van der Waals surface area contributed by atoms with Crippen molar-refractivity contribution < 1.29 is 18.0 Å². The molecular weight excluding hydrogens is 273 g/mol. The Hall–Kier alpha value is -1.75. The minimum atomic E-state index is -4.31. The summed E-state index contributed by atoms with van der Waals surface area (Å²) in [7, 11) is 0. The van der Waals surface area contributed by atoms with Crippen LogP contribution in [-0.4, -0.2) is 6.29 Å². The average Bonchev–Trinajstić information content (AvgIpc) is 2.39. The second-order valence-electron chi connectivity index (χ2n) is 3.81. The zero-order chi connectivity index (χ0) is 13.9. The number of aldehydes is 1. The Morgan fingerprint density at radius 2 is 1.32 bits per heavy atom. The zero-order valence-corrected chi connectivity index (χ0v) is 10.5. The minimum absolute atomic E-state index is 0.566. The van der Waals surface area contributed by atoms with Crippen molar-refractivity contribution in [2.75, 3.05) is 0 Å². The zero-order valence-electron chi connectivity index (χ0n) is 9.65. The summed E-state index contributed by atoms with van der Waals surface area (Å²) in [6, 6.07) is 11.8. The highest BCUT2D eigenvalue weighted by molar-refractivity contribution is 7.99. The van der Waals surface area contributed by atoms with Crippen LogP contribution in [0, 0.1) is 0 Å². The maximum atomic E-state index is 12.4. The fourth-order valence-corrected chi connectivity index (χ4v) is 2.28. The molecule has 0 unspecified atom stereocenters. The summed E-state index contributed by atoms with van der Waals surface area (Å²) in [6.45, 7) is 0. The third kappa shape index (κ3) is 3.61. The second kappa shape index (κ2) is 5.48. The number of rotatable bonds is 3. The van der Waals surface area contributed by atoms with Crippen molar-refractivity contribution in [1.29, 1.82) is 0 Å². The molecule has 0 radical (unpaired) electrons. The van der Waals surface area contributed by atoms with E-state index in [-0.39, 0.29) is 0 Å². The molecule has 0 saturated heterocycles. The van der Waals surface area contributed by atoms with Crippen molar-refractivity contribution in [2.45, 2.75) is 16.0 Å². The number of hydrogen-bond acceptors (Lipinski definition) is 2. The van der Waals surface area contributed by atoms with Crippen molar-refractivity contribution in [2.24, 2.45) is 0 Å². The van der Waals surface area contributed by atoms with Gasteiger partial charge >= 0.3 is 6.18 Å². The first-order valence-corrected chi connectivity index (χ1v) is 6.21. The quantitative estimate of drug-likeness (QED) is 0.761. The summed E-state index contributed by atoms with van der Waals surface area (Å²) in [4.78, 5) is 12.1. The van der Waals surface area contributed by atoms with Crippen LogP contribution in [0.4, 0.5) is 13.2 Å². The smallest absolute Gasteiger partial charge is 0.298 e. The van der Waals surface area contributed by atoms with Gasteiger partial charge in [0.1, 0.15) is 6.29 Å². The Morgan fingerprint density at radius 1 is 0.842 bits per heavy atom. The molecule has 0 heterocycles. The first-order valence-electron chi connectivity index (χ1n) is 5.39. The molecule has 0 aliphatic rings. The van der Waals surface area contributed by atoms with Gasteiger partial charge in [-0.3, -0.25) is 4.79 Å². The minimum Gasteiger partial charge on any atom is -0.298 e. The Morgan fingerprint density at radius 3 is 1.74 bits per heavy atom. The third-order valence-corrected chi connectivity index (χ3v) is 3.45. The van der Waals surface area contributed by atoms with E-state index < -0.39 is 11.7 Å². The number of hydrogen-bond donors (Lipinski definition) is 0. The number of halogens is 3. The Labute approximate surface area is 112 Å². The molecule has 19 heavy (non-hydrogen) atoms. The summed E-state index contributed by atoms with van der Waals surface area (Å²) in [6.07, 6.45) is -3.57. The molecule has 0 amide bonds. The molecule has 0 N–H and O–H groups in total. The van der Waals surface area contributed by atoms with E-state index in [1.165, 1.54) is 23.9 Å². The fourth-order valence-electron chi connectivity index (χ4n) is 1.46. The van der Waals surface area contributed by atoms with Crippen LogP contribution in [0.1, 0.15) is 15.9 Å². The van der Waals surface area contributed by atoms with E-state index in [2.05, 4.69) is 0 Å². The predicted molar refractivity (Wildman–Crippen MR) is 67.4 cm³/mol. The van der Waals surface area contributed by atoms with Crippen molar-refractivity contribution in [3.8, 4) is 0 Å². The van der Waals surface area contributed by atoms with E-state index >= 15 is 0 Å².